The molecule has 0 bridgehead atoms. The maximum Gasteiger partial charge on any atom is 0 e. The van der Waals surface area contributed by atoms with Gasteiger partial charge < -0.3 is 5.11 Å². The third kappa shape index (κ3) is 8.17. The van der Waals surface area contributed by atoms with E-state index in [0.717, 1.165) is 37.8 Å². The van der Waals surface area contributed by atoms with E-state index in [0.29, 0.717) is 0 Å². The van der Waals surface area contributed by atoms with Gasteiger partial charge in [0, 0.05) is 38.0 Å². The van der Waals surface area contributed by atoms with Crippen LogP contribution in [0.15, 0.2) is 72.6 Å². The summed E-state index contributed by atoms with van der Waals surface area (Å²) in [6.07, 6.45) is 7.99. The van der Waals surface area contributed by atoms with Crippen molar-refractivity contribution in [3.05, 3.63) is 89.8 Å². The summed E-state index contributed by atoms with van der Waals surface area (Å²) in [4.78, 5) is 16.6. The first kappa shape index (κ1) is 38.5. The van der Waals surface area contributed by atoms with Crippen LogP contribution in [0.5, 0.6) is 0 Å². The standard InChI is InChI=1S/C29H24NSTe.C13H24O2.Ir/c1-17-18(16-29(2,3)4)12-13-20-21-14-15-30-25(27(21)31-26(17)20)23-10-7-9-22-19-8-5-6-11-24(19)32-28(22)23;1-5-10(6-2)12(14)9-13(15)11(7-3)8-4;/h5-9,11-15H,16H2,1-4H3;9-11,14H,5-8H2,1-4H3;/q-1;;/b;12-9-;. The molecule has 1 radical (unpaired) electrons. The topological polar surface area (TPSA) is 50.2 Å². The van der Waals surface area contributed by atoms with Gasteiger partial charge in [0.1, 0.15) is 0 Å². The number of rotatable bonds is 9. The fraction of sp³-hybridized carbons (Fsp3) is 0.381. The molecule has 0 spiro atoms. The van der Waals surface area contributed by atoms with Gasteiger partial charge in [-0.15, -0.1) is 0 Å². The van der Waals surface area contributed by atoms with Gasteiger partial charge >= 0.3 is 203 Å². The molecule has 0 atom stereocenters. The number of benzene rings is 3. The molecule has 48 heavy (non-hydrogen) atoms. The van der Waals surface area contributed by atoms with E-state index in [4.69, 9.17) is 4.98 Å². The molecule has 0 fully saturated rings. The van der Waals surface area contributed by atoms with E-state index < -0.39 is 20.4 Å². The molecular weight excluding hydrogens is 902 g/mol. The van der Waals surface area contributed by atoms with Gasteiger partial charge in [-0.05, 0) is 25.7 Å². The van der Waals surface area contributed by atoms with Crippen molar-refractivity contribution in [1.82, 2.24) is 4.98 Å². The molecule has 3 nitrogen and oxygen atoms in total. The minimum absolute atomic E-state index is 0. The monoisotopic (exact) mass is 953 g/mol. The minimum atomic E-state index is -0.434. The van der Waals surface area contributed by atoms with Crippen molar-refractivity contribution in [3.63, 3.8) is 0 Å². The zero-order valence-corrected chi connectivity index (χ0v) is 35.0. The maximum absolute atomic E-state index is 11.7. The number of allylic oxidation sites excluding steroid dienone is 2. The average molecular weight is 951 g/mol. The normalized spacial score (nSPS) is 12.2. The first-order chi connectivity index (χ1) is 22.5. The quantitative estimate of drug-likeness (QED) is 0.0680. The molecular formula is C42H48IrNO2STe-. The van der Waals surface area contributed by atoms with E-state index in [1.807, 2.05) is 45.2 Å². The second kappa shape index (κ2) is 16.6. The van der Waals surface area contributed by atoms with Gasteiger partial charge in [0.25, 0.3) is 0 Å². The number of thiophene rings is 1. The van der Waals surface area contributed by atoms with Crippen molar-refractivity contribution in [3.8, 4) is 11.3 Å². The van der Waals surface area contributed by atoms with Crippen molar-refractivity contribution in [2.75, 3.05) is 0 Å². The molecule has 0 aliphatic carbocycles. The molecule has 0 amide bonds. The van der Waals surface area contributed by atoms with E-state index in [1.54, 1.807) is 0 Å². The Kier molecular flexibility index (Phi) is 13.3. The Morgan fingerprint density at radius 1 is 0.896 bits per heavy atom. The molecule has 0 saturated carbocycles. The summed E-state index contributed by atoms with van der Waals surface area (Å²) < 4.78 is 5.72. The summed E-state index contributed by atoms with van der Waals surface area (Å²) in [5.41, 5.74) is 5.48. The zero-order valence-electron chi connectivity index (χ0n) is 29.5. The van der Waals surface area contributed by atoms with Gasteiger partial charge in [-0.3, -0.25) is 4.79 Å². The first-order valence-electron chi connectivity index (χ1n) is 17.1. The van der Waals surface area contributed by atoms with Gasteiger partial charge in [-0.25, -0.2) is 0 Å². The number of hydrogen-bond acceptors (Lipinski definition) is 4. The summed E-state index contributed by atoms with van der Waals surface area (Å²) in [5.74, 6) is 0.547. The van der Waals surface area contributed by atoms with Crippen LogP contribution >= 0.6 is 11.3 Å². The molecule has 0 aliphatic heterocycles. The van der Waals surface area contributed by atoms with Gasteiger partial charge in [-0.1, -0.05) is 27.7 Å². The molecule has 6 rings (SSSR count). The van der Waals surface area contributed by atoms with E-state index in [2.05, 4.69) is 88.4 Å². The Morgan fingerprint density at radius 2 is 1.56 bits per heavy atom. The number of aryl methyl sites for hydroxylation is 1. The molecule has 6 heteroatoms. The number of carbonyl (C=O) groups excluding carboxylic acids is 1. The van der Waals surface area contributed by atoms with Gasteiger partial charge in [-0.2, -0.15) is 0 Å². The number of nitrogens with zero attached hydrogens (tertiary/aromatic N) is 1. The number of aliphatic hydroxyl groups excluding tert-OH is 1. The van der Waals surface area contributed by atoms with Gasteiger partial charge in [0.15, 0.2) is 5.78 Å². The first-order valence-corrected chi connectivity index (χ1v) is 20.2. The summed E-state index contributed by atoms with van der Waals surface area (Å²) >= 11 is 1.48. The predicted molar refractivity (Wildman–Crippen MR) is 205 cm³/mol. The zero-order chi connectivity index (χ0) is 33.9. The molecule has 3 aromatic carbocycles. The summed E-state index contributed by atoms with van der Waals surface area (Å²) in [6.45, 7) is 17.3. The van der Waals surface area contributed by atoms with Crippen LogP contribution in [-0.4, -0.2) is 36.3 Å². The van der Waals surface area contributed by atoms with Crippen LogP contribution in [0.3, 0.4) is 0 Å². The molecule has 3 heterocycles. The summed E-state index contributed by atoms with van der Waals surface area (Å²) in [7, 11) is 0. The minimum Gasteiger partial charge on any atom is 0 e. The summed E-state index contributed by atoms with van der Waals surface area (Å²) in [5, 5.41) is 15.2. The second-order valence-corrected chi connectivity index (χ2v) is 17.8. The van der Waals surface area contributed by atoms with Gasteiger partial charge in [0.2, 0.25) is 0 Å². The number of aromatic nitrogens is 1. The maximum atomic E-state index is 11.7. The average Bonchev–Trinajstić information content (AvgIpc) is 3.62. The number of pyridine rings is 1. The van der Waals surface area contributed by atoms with Crippen molar-refractivity contribution in [2.45, 2.75) is 87.5 Å². The molecule has 0 aliphatic rings. The number of aliphatic hydroxyl groups is 1. The fourth-order valence-electron chi connectivity index (χ4n) is 6.53. The van der Waals surface area contributed by atoms with Crippen LogP contribution in [0, 0.1) is 30.2 Å². The van der Waals surface area contributed by atoms with Crippen molar-refractivity contribution in [1.29, 1.82) is 0 Å². The van der Waals surface area contributed by atoms with Crippen molar-refractivity contribution >= 4 is 75.3 Å². The van der Waals surface area contributed by atoms with Crippen molar-refractivity contribution < 1.29 is 30.0 Å². The smallest absolute Gasteiger partial charge is 0 e. The molecule has 3 aromatic heterocycles. The third-order valence-corrected chi connectivity index (χ3v) is 14.1. The third-order valence-electron chi connectivity index (χ3n) is 9.30. The number of hydrogen-bond donors (Lipinski definition) is 1. The summed E-state index contributed by atoms with van der Waals surface area (Å²) in [6, 6.07) is 23.7. The molecule has 1 N–H and O–H groups in total. The Bertz CT molecular complexity index is 2060. The predicted octanol–water partition coefficient (Wildman–Crippen LogP) is 12.0. The van der Waals surface area contributed by atoms with Crippen LogP contribution in [0.25, 0.3) is 49.0 Å². The molecule has 0 unspecified atom stereocenters. The largest absolute Gasteiger partial charge is 0 e. The van der Waals surface area contributed by atoms with E-state index >= 15 is 0 Å². The number of ketones is 1. The van der Waals surface area contributed by atoms with E-state index in [-0.39, 0.29) is 48.9 Å². The van der Waals surface area contributed by atoms with E-state index in [1.165, 1.54) is 60.5 Å². The van der Waals surface area contributed by atoms with Crippen molar-refractivity contribution in [2.24, 2.45) is 17.3 Å². The SMILES string of the molecule is CCC(CC)C(=O)/C=C(\O)C(CC)CC.Cc1c(CC(C)(C)C)ccc2c1sc1c(-c3[c-]ccc4c3[te]c3ccccc34)nccc12.[Ir]. The van der Waals surface area contributed by atoms with Gasteiger partial charge in [0.05, 0.1) is 5.76 Å². The van der Waals surface area contributed by atoms with Crippen LogP contribution in [-0.2, 0) is 31.3 Å². The number of carbonyl (C=O) groups is 1. The fourth-order valence-corrected chi connectivity index (χ4v) is 11.3. The van der Waals surface area contributed by atoms with E-state index in [9.17, 15) is 9.90 Å². The molecule has 255 valence electrons. The second-order valence-electron chi connectivity index (χ2n) is 13.8. The van der Waals surface area contributed by atoms with Crippen LogP contribution in [0.1, 0.15) is 85.3 Å². The molecule has 0 saturated heterocycles. The molecule has 6 aromatic rings. The Hall–Kier alpha value is -2.32. The van der Waals surface area contributed by atoms with Crippen LogP contribution in [0.2, 0.25) is 0 Å². The van der Waals surface area contributed by atoms with Crippen LogP contribution < -0.4 is 0 Å². The van der Waals surface area contributed by atoms with Crippen LogP contribution in [0.4, 0.5) is 0 Å². The Morgan fingerprint density at radius 3 is 2.23 bits per heavy atom. The Labute approximate surface area is 313 Å². The number of fused-ring (bicyclic) bond motifs is 6. The Balaban J connectivity index is 0.000000279.